The molecule has 0 radical (unpaired) electrons. The molecule has 1 heterocycles. The van der Waals surface area contributed by atoms with E-state index in [4.69, 9.17) is 5.73 Å². The van der Waals surface area contributed by atoms with Gasteiger partial charge in [0.1, 0.15) is 11.5 Å². The highest BCUT2D eigenvalue weighted by molar-refractivity contribution is 5.90. The highest BCUT2D eigenvalue weighted by Crippen LogP contribution is 2.61. The van der Waals surface area contributed by atoms with Crippen molar-refractivity contribution < 1.29 is 4.79 Å². The van der Waals surface area contributed by atoms with Gasteiger partial charge in [-0.2, -0.15) is 0 Å². The molecule has 21 heavy (non-hydrogen) atoms. The van der Waals surface area contributed by atoms with Gasteiger partial charge in [-0.1, -0.05) is 24.3 Å². The molecule has 3 atom stereocenters. The van der Waals surface area contributed by atoms with Crippen LogP contribution in [-0.2, 0) is 6.42 Å². The van der Waals surface area contributed by atoms with Gasteiger partial charge in [0, 0.05) is 6.54 Å². The van der Waals surface area contributed by atoms with Gasteiger partial charge in [0.2, 0.25) is 0 Å². The van der Waals surface area contributed by atoms with Gasteiger partial charge in [0.25, 0.3) is 5.91 Å². The van der Waals surface area contributed by atoms with E-state index in [2.05, 4.69) is 39.6 Å². The first-order valence-corrected chi connectivity index (χ1v) is 7.17. The molecule has 0 spiro atoms. The van der Waals surface area contributed by atoms with E-state index < -0.39 is 5.91 Å². The van der Waals surface area contributed by atoms with E-state index in [9.17, 15) is 4.79 Å². The summed E-state index contributed by atoms with van der Waals surface area (Å²) in [7, 11) is 0. The summed E-state index contributed by atoms with van der Waals surface area (Å²) in [5, 5.41) is 3.28. The van der Waals surface area contributed by atoms with Crippen LogP contribution in [0, 0.1) is 11.8 Å². The number of anilines is 1. The molecule has 1 saturated carbocycles. The smallest absolute Gasteiger partial charge is 0.268 e. The van der Waals surface area contributed by atoms with Gasteiger partial charge in [-0.3, -0.25) is 9.78 Å². The highest BCUT2D eigenvalue weighted by Gasteiger charge is 2.54. The van der Waals surface area contributed by atoms with E-state index in [0.29, 0.717) is 17.7 Å². The lowest BCUT2D eigenvalue weighted by molar-refractivity contribution is 0.0995. The fourth-order valence-corrected chi connectivity index (χ4v) is 3.55. The van der Waals surface area contributed by atoms with E-state index >= 15 is 0 Å². The number of hydrogen-bond acceptors (Lipinski definition) is 4. The predicted molar refractivity (Wildman–Crippen MR) is 78.9 cm³/mol. The summed E-state index contributed by atoms with van der Waals surface area (Å²) in [5.41, 5.74) is 8.41. The van der Waals surface area contributed by atoms with Crippen molar-refractivity contribution in [3.8, 4) is 0 Å². The molecule has 0 aliphatic heterocycles. The maximum Gasteiger partial charge on any atom is 0.268 e. The Morgan fingerprint density at radius 2 is 2.19 bits per heavy atom. The van der Waals surface area contributed by atoms with Crippen LogP contribution >= 0.6 is 0 Å². The number of rotatable bonds is 4. The van der Waals surface area contributed by atoms with Gasteiger partial charge >= 0.3 is 0 Å². The second kappa shape index (κ2) is 4.55. The van der Waals surface area contributed by atoms with Gasteiger partial charge in [0.05, 0.1) is 12.4 Å². The van der Waals surface area contributed by atoms with Crippen LogP contribution in [0.5, 0.6) is 0 Å². The summed E-state index contributed by atoms with van der Waals surface area (Å²) >= 11 is 0. The third-order valence-corrected chi connectivity index (χ3v) is 4.61. The number of nitrogens with zero attached hydrogens (tertiary/aromatic N) is 2. The number of carbonyl (C=O) groups is 1. The summed E-state index contributed by atoms with van der Waals surface area (Å²) in [5.74, 6) is 2.15. The zero-order valence-corrected chi connectivity index (χ0v) is 11.5. The molecular weight excluding hydrogens is 264 g/mol. The van der Waals surface area contributed by atoms with Crippen LogP contribution in [0.2, 0.25) is 0 Å². The number of primary amides is 1. The summed E-state index contributed by atoms with van der Waals surface area (Å²) < 4.78 is 0. The van der Waals surface area contributed by atoms with Crippen LogP contribution in [0.1, 0.15) is 27.5 Å². The van der Waals surface area contributed by atoms with Gasteiger partial charge in [-0.15, -0.1) is 0 Å². The zero-order valence-electron chi connectivity index (χ0n) is 11.5. The van der Waals surface area contributed by atoms with Crippen molar-refractivity contribution in [2.24, 2.45) is 17.6 Å². The van der Waals surface area contributed by atoms with E-state index in [1.165, 1.54) is 23.7 Å². The van der Waals surface area contributed by atoms with Crippen molar-refractivity contribution in [2.75, 3.05) is 11.9 Å². The molecule has 106 valence electrons. The number of nitrogens with two attached hydrogens (primary N) is 1. The predicted octanol–water partition coefficient (Wildman–Crippen LogP) is 1.57. The first-order valence-electron chi connectivity index (χ1n) is 7.17. The first kappa shape index (κ1) is 12.3. The van der Waals surface area contributed by atoms with Crippen molar-refractivity contribution in [3.05, 3.63) is 53.5 Å². The SMILES string of the molecule is NC(=O)c1cncc(NCC2C3Cc4ccccc4C23)n1. The molecule has 3 unspecified atom stereocenters. The Morgan fingerprint density at radius 3 is 3.05 bits per heavy atom. The van der Waals surface area contributed by atoms with Crippen LogP contribution in [0.25, 0.3) is 0 Å². The lowest BCUT2D eigenvalue weighted by Crippen LogP contribution is -2.15. The lowest BCUT2D eigenvalue weighted by atomic mass is 10.0. The van der Waals surface area contributed by atoms with Crippen molar-refractivity contribution in [2.45, 2.75) is 12.3 Å². The zero-order chi connectivity index (χ0) is 14.4. The van der Waals surface area contributed by atoms with E-state index in [0.717, 1.165) is 12.5 Å². The van der Waals surface area contributed by atoms with Crippen LogP contribution < -0.4 is 11.1 Å². The topological polar surface area (TPSA) is 80.9 Å². The van der Waals surface area contributed by atoms with Gasteiger partial charge in [-0.25, -0.2) is 4.98 Å². The Hall–Kier alpha value is -2.43. The normalized spacial score (nSPS) is 25.0. The molecule has 1 aromatic carbocycles. The average molecular weight is 280 g/mol. The number of amides is 1. The van der Waals surface area contributed by atoms with E-state index in [-0.39, 0.29) is 5.69 Å². The molecule has 1 amide bonds. The van der Waals surface area contributed by atoms with Gasteiger partial charge < -0.3 is 11.1 Å². The van der Waals surface area contributed by atoms with Crippen molar-refractivity contribution in [1.29, 1.82) is 0 Å². The van der Waals surface area contributed by atoms with Crippen molar-refractivity contribution >= 4 is 11.7 Å². The lowest BCUT2D eigenvalue weighted by Gasteiger charge is -2.09. The maximum atomic E-state index is 11.1. The van der Waals surface area contributed by atoms with Gasteiger partial charge in [0.15, 0.2) is 0 Å². The average Bonchev–Trinajstić information content (AvgIpc) is 3.04. The number of benzene rings is 1. The molecule has 0 saturated heterocycles. The largest absolute Gasteiger partial charge is 0.368 e. The molecule has 2 aliphatic carbocycles. The second-order valence-electron chi connectivity index (χ2n) is 5.79. The Kier molecular flexibility index (Phi) is 2.67. The van der Waals surface area contributed by atoms with Gasteiger partial charge in [-0.05, 0) is 35.3 Å². The van der Waals surface area contributed by atoms with Crippen LogP contribution in [0.15, 0.2) is 36.7 Å². The molecule has 2 aliphatic rings. The monoisotopic (exact) mass is 280 g/mol. The molecule has 4 rings (SSSR count). The van der Waals surface area contributed by atoms with Crippen LogP contribution in [-0.4, -0.2) is 22.4 Å². The fraction of sp³-hybridized carbons (Fsp3) is 0.312. The molecule has 2 aromatic rings. The fourth-order valence-electron chi connectivity index (χ4n) is 3.55. The number of fused-ring (bicyclic) bond motifs is 3. The Bertz CT molecular complexity index is 715. The standard InChI is InChI=1S/C16H16N4O/c17-16(21)13-7-18-8-14(20-13)19-6-12-11-5-9-3-1-2-4-10(9)15(11)12/h1-4,7-8,11-12,15H,5-6H2,(H2,17,21)(H,19,20). The minimum atomic E-state index is -0.552. The van der Waals surface area contributed by atoms with Crippen molar-refractivity contribution in [1.82, 2.24) is 9.97 Å². The summed E-state index contributed by atoms with van der Waals surface area (Å²) in [6.45, 7) is 0.862. The molecule has 5 nitrogen and oxygen atoms in total. The number of carbonyl (C=O) groups excluding carboxylic acids is 1. The third kappa shape index (κ3) is 2.05. The molecule has 1 aromatic heterocycles. The minimum Gasteiger partial charge on any atom is -0.368 e. The summed E-state index contributed by atoms with van der Waals surface area (Å²) in [6.07, 6.45) is 4.19. The molecule has 5 heteroatoms. The second-order valence-corrected chi connectivity index (χ2v) is 5.79. The number of aromatic nitrogens is 2. The first-order chi connectivity index (χ1) is 10.2. The quantitative estimate of drug-likeness (QED) is 0.891. The summed E-state index contributed by atoms with van der Waals surface area (Å²) in [6, 6.07) is 8.70. The van der Waals surface area contributed by atoms with E-state index in [1.807, 2.05) is 0 Å². The minimum absolute atomic E-state index is 0.196. The van der Waals surface area contributed by atoms with E-state index in [1.54, 1.807) is 6.20 Å². The molecular formula is C16H16N4O. The number of nitrogens with one attached hydrogen (secondary N) is 1. The number of hydrogen-bond donors (Lipinski definition) is 2. The third-order valence-electron chi connectivity index (χ3n) is 4.61. The van der Waals surface area contributed by atoms with Crippen LogP contribution in [0.4, 0.5) is 5.82 Å². The Morgan fingerprint density at radius 1 is 1.33 bits per heavy atom. The molecule has 0 bridgehead atoms. The molecule has 3 N–H and O–H groups in total. The Balaban J connectivity index is 1.42. The van der Waals surface area contributed by atoms with Crippen molar-refractivity contribution in [3.63, 3.8) is 0 Å². The maximum absolute atomic E-state index is 11.1. The molecule has 1 fully saturated rings. The Labute approximate surface area is 122 Å². The summed E-state index contributed by atoms with van der Waals surface area (Å²) in [4.78, 5) is 19.2. The van der Waals surface area contributed by atoms with Crippen LogP contribution in [0.3, 0.4) is 0 Å². The highest BCUT2D eigenvalue weighted by atomic mass is 16.1.